The second-order valence-corrected chi connectivity index (χ2v) is 4.85. The maximum Gasteiger partial charge on any atom is 0.305 e. The van der Waals surface area contributed by atoms with Crippen molar-refractivity contribution in [3.05, 3.63) is 23.0 Å². The van der Waals surface area contributed by atoms with Crippen molar-refractivity contribution in [3.63, 3.8) is 0 Å². The summed E-state index contributed by atoms with van der Waals surface area (Å²) in [5.74, 6) is -1.15. The van der Waals surface area contributed by atoms with E-state index in [0.29, 0.717) is 10.7 Å². The van der Waals surface area contributed by atoms with Crippen LogP contribution in [-0.4, -0.2) is 40.0 Å². The molecule has 0 bridgehead atoms. The van der Waals surface area contributed by atoms with Gasteiger partial charge in [0, 0.05) is 25.8 Å². The van der Waals surface area contributed by atoms with E-state index in [1.807, 2.05) is 13.8 Å². The summed E-state index contributed by atoms with van der Waals surface area (Å²) >= 11 is 5.90. The minimum Gasteiger partial charge on any atom is -0.481 e. The van der Waals surface area contributed by atoms with E-state index in [1.54, 1.807) is 23.9 Å². The van der Waals surface area contributed by atoms with Crippen molar-refractivity contribution >= 4 is 23.5 Å². The number of rotatable bonds is 5. The number of aromatic nitrogens is 1. The van der Waals surface area contributed by atoms with Crippen molar-refractivity contribution < 1.29 is 14.7 Å². The first-order valence-corrected chi connectivity index (χ1v) is 6.05. The van der Waals surface area contributed by atoms with Crippen molar-refractivity contribution in [1.29, 1.82) is 0 Å². The number of aliphatic carboxylic acids is 1. The van der Waals surface area contributed by atoms with Gasteiger partial charge in [-0.05, 0) is 19.9 Å². The lowest BCUT2D eigenvalue weighted by Crippen LogP contribution is -2.30. The Morgan fingerprint density at radius 2 is 2.11 bits per heavy atom. The molecule has 0 saturated heterocycles. The lowest BCUT2D eigenvalue weighted by atomic mass is 10.3. The minimum atomic E-state index is -0.924. The predicted molar refractivity (Wildman–Crippen MR) is 69.0 cm³/mol. The SMILES string of the molecule is CC(C)n1cc(Cl)cc1C(=O)N(C)CCC(=O)O. The van der Waals surface area contributed by atoms with E-state index < -0.39 is 5.97 Å². The molecule has 0 aromatic carbocycles. The summed E-state index contributed by atoms with van der Waals surface area (Å²) in [6, 6.07) is 1.71. The van der Waals surface area contributed by atoms with Crippen LogP contribution < -0.4 is 0 Å². The summed E-state index contributed by atoms with van der Waals surface area (Å²) in [7, 11) is 1.58. The monoisotopic (exact) mass is 272 g/mol. The van der Waals surface area contributed by atoms with Crippen molar-refractivity contribution in [2.24, 2.45) is 0 Å². The molecule has 0 aliphatic carbocycles. The van der Waals surface area contributed by atoms with Crippen molar-refractivity contribution in [1.82, 2.24) is 9.47 Å². The van der Waals surface area contributed by atoms with Crippen LogP contribution in [0.4, 0.5) is 0 Å². The molecule has 0 atom stereocenters. The molecule has 0 radical (unpaired) electrons. The third kappa shape index (κ3) is 3.50. The van der Waals surface area contributed by atoms with Gasteiger partial charge >= 0.3 is 5.97 Å². The number of nitrogens with zero attached hydrogens (tertiary/aromatic N) is 2. The molecular weight excluding hydrogens is 256 g/mol. The van der Waals surface area contributed by atoms with Gasteiger partial charge in [0.2, 0.25) is 0 Å². The van der Waals surface area contributed by atoms with Gasteiger partial charge in [-0.1, -0.05) is 11.6 Å². The molecule has 0 spiro atoms. The van der Waals surface area contributed by atoms with Gasteiger partial charge in [-0.3, -0.25) is 9.59 Å². The zero-order chi connectivity index (χ0) is 13.9. The maximum absolute atomic E-state index is 12.1. The number of amides is 1. The molecule has 0 saturated carbocycles. The Morgan fingerprint density at radius 1 is 1.50 bits per heavy atom. The molecule has 0 aliphatic heterocycles. The number of carbonyl (C=O) groups is 2. The Bertz CT molecular complexity index is 454. The Balaban J connectivity index is 2.86. The first kappa shape index (κ1) is 14.6. The highest BCUT2D eigenvalue weighted by molar-refractivity contribution is 6.31. The van der Waals surface area contributed by atoms with E-state index in [9.17, 15) is 9.59 Å². The fraction of sp³-hybridized carbons (Fsp3) is 0.500. The Morgan fingerprint density at radius 3 is 2.61 bits per heavy atom. The zero-order valence-electron chi connectivity index (χ0n) is 10.7. The van der Waals surface area contributed by atoms with Gasteiger partial charge in [0.15, 0.2) is 0 Å². The number of carboxylic acid groups (broad SMARTS) is 1. The summed E-state index contributed by atoms with van der Waals surface area (Å²) in [6.07, 6.45) is 1.63. The summed E-state index contributed by atoms with van der Waals surface area (Å²) in [6.45, 7) is 4.07. The second kappa shape index (κ2) is 5.91. The third-order valence-corrected chi connectivity index (χ3v) is 2.81. The molecule has 6 heteroatoms. The second-order valence-electron chi connectivity index (χ2n) is 4.42. The third-order valence-electron chi connectivity index (χ3n) is 2.60. The van der Waals surface area contributed by atoms with E-state index in [1.165, 1.54) is 4.90 Å². The quantitative estimate of drug-likeness (QED) is 0.894. The smallest absolute Gasteiger partial charge is 0.305 e. The molecule has 1 amide bonds. The largest absolute Gasteiger partial charge is 0.481 e. The fourth-order valence-electron chi connectivity index (χ4n) is 1.60. The van der Waals surface area contributed by atoms with Crippen LogP contribution in [0.3, 0.4) is 0 Å². The van der Waals surface area contributed by atoms with Gasteiger partial charge in [-0.15, -0.1) is 0 Å². The molecule has 5 nitrogen and oxygen atoms in total. The first-order valence-electron chi connectivity index (χ1n) is 5.67. The van der Waals surface area contributed by atoms with E-state index >= 15 is 0 Å². The molecule has 0 fully saturated rings. The van der Waals surface area contributed by atoms with Gasteiger partial charge in [-0.2, -0.15) is 0 Å². The predicted octanol–water partition coefficient (Wildman–Crippen LogP) is 2.27. The summed E-state index contributed by atoms with van der Waals surface area (Å²) in [4.78, 5) is 24.0. The molecular formula is C12H17ClN2O3. The number of hydrogen-bond acceptors (Lipinski definition) is 2. The van der Waals surface area contributed by atoms with Crippen LogP contribution in [0.1, 0.15) is 36.8 Å². The maximum atomic E-state index is 12.1. The summed E-state index contributed by atoms with van der Waals surface area (Å²) < 4.78 is 1.78. The number of hydrogen-bond donors (Lipinski definition) is 1. The fourth-order valence-corrected chi connectivity index (χ4v) is 1.81. The molecule has 1 N–H and O–H groups in total. The molecule has 1 heterocycles. The van der Waals surface area contributed by atoms with Crippen LogP contribution in [0.2, 0.25) is 5.02 Å². The summed E-state index contributed by atoms with van der Waals surface area (Å²) in [5.41, 5.74) is 0.475. The average Bonchev–Trinajstić information content (AvgIpc) is 2.67. The molecule has 0 unspecified atom stereocenters. The number of carbonyl (C=O) groups excluding carboxylic acids is 1. The van der Waals surface area contributed by atoms with Crippen LogP contribution in [-0.2, 0) is 4.79 Å². The zero-order valence-corrected chi connectivity index (χ0v) is 11.4. The van der Waals surface area contributed by atoms with Gasteiger partial charge < -0.3 is 14.6 Å². The summed E-state index contributed by atoms with van der Waals surface area (Å²) in [5, 5.41) is 9.10. The number of halogens is 1. The standard InChI is InChI=1S/C12H17ClN2O3/c1-8(2)15-7-9(13)6-10(15)12(18)14(3)5-4-11(16)17/h6-8H,4-5H2,1-3H3,(H,16,17). The molecule has 0 aliphatic rings. The van der Waals surface area contributed by atoms with Crippen LogP contribution in [0.15, 0.2) is 12.3 Å². The topological polar surface area (TPSA) is 62.5 Å². The van der Waals surface area contributed by atoms with E-state index in [2.05, 4.69) is 0 Å². The minimum absolute atomic E-state index is 0.0711. The van der Waals surface area contributed by atoms with Gasteiger partial charge in [0.05, 0.1) is 11.4 Å². The van der Waals surface area contributed by atoms with E-state index in [-0.39, 0.29) is 24.9 Å². The first-order chi connectivity index (χ1) is 8.32. The van der Waals surface area contributed by atoms with Crippen LogP contribution in [0.5, 0.6) is 0 Å². The van der Waals surface area contributed by atoms with Crippen molar-refractivity contribution in [2.75, 3.05) is 13.6 Å². The lowest BCUT2D eigenvalue weighted by molar-refractivity contribution is -0.137. The molecule has 1 aromatic rings. The van der Waals surface area contributed by atoms with Crippen LogP contribution in [0, 0.1) is 0 Å². The van der Waals surface area contributed by atoms with Crippen LogP contribution in [0.25, 0.3) is 0 Å². The van der Waals surface area contributed by atoms with Crippen molar-refractivity contribution in [2.45, 2.75) is 26.3 Å². The van der Waals surface area contributed by atoms with Gasteiger partial charge in [0.25, 0.3) is 5.91 Å². The normalized spacial score (nSPS) is 10.7. The Labute approximate surface area is 111 Å². The van der Waals surface area contributed by atoms with Crippen LogP contribution >= 0.6 is 11.6 Å². The van der Waals surface area contributed by atoms with E-state index in [4.69, 9.17) is 16.7 Å². The van der Waals surface area contributed by atoms with Crippen molar-refractivity contribution in [3.8, 4) is 0 Å². The van der Waals surface area contributed by atoms with Gasteiger partial charge in [-0.25, -0.2) is 0 Å². The molecule has 100 valence electrons. The number of carboxylic acids is 1. The van der Waals surface area contributed by atoms with Gasteiger partial charge in [0.1, 0.15) is 5.69 Å². The lowest BCUT2D eigenvalue weighted by Gasteiger charge is -2.19. The molecule has 18 heavy (non-hydrogen) atoms. The highest BCUT2D eigenvalue weighted by Crippen LogP contribution is 2.20. The molecule has 1 aromatic heterocycles. The van der Waals surface area contributed by atoms with E-state index in [0.717, 1.165) is 0 Å². The highest BCUT2D eigenvalue weighted by atomic mass is 35.5. The molecule has 1 rings (SSSR count). The average molecular weight is 273 g/mol. The Kier molecular flexibility index (Phi) is 4.78. The Hall–Kier alpha value is -1.49. The highest BCUT2D eigenvalue weighted by Gasteiger charge is 2.19.